The van der Waals surface area contributed by atoms with Gasteiger partial charge in [0.2, 0.25) is 0 Å². The SMILES string of the molecule is CNc1c(CN(CCC#N)C(C)C)cccc1[N+](=O)[O-]. The minimum Gasteiger partial charge on any atom is -0.382 e. The predicted molar refractivity (Wildman–Crippen MR) is 78.4 cm³/mol. The molecular weight excluding hydrogens is 256 g/mol. The second kappa shape index (κ2) is 7.46. The molecule has 1 aromatic rings. The number of benzene rings is 1. The summed E-state index contributed by atoms with van der Waals surface area (Å²) in [4.78, 5) is 12.8. The Bertz CT molecular complexity index is 508. The standard InChI is InChI=1S/C14H20N4O2/c1-11(2)17(9-5-8-15)10-12-6-4-7-13(18(19)20)14(12)16-3/h4,6-7,11,16H,5,9-10H2,1-3H3. The average Bonchev–Trinajstić information content (AvgIpc) is 2.42. The molecule has 0 aliphatic heterocycles. The van der Waals surface area contributed by atoms with Crippen molar-refractivity contribution in [2.75, 3.05) is 18.9 Å². The van der Waals surface area contributed by atoms with E-state index in [9.17, 15) is 10.1 Å². The van der Waals surface area contributed by atoms with E-state index in [1.807, 2.05) is 19.9 Å². The Balaban J connectivity index is 3.03. The third-order valence-corrected chi connectivity index (χ3v) is 3.19. The van der Waals surface area contributed by atoms with Gasteiger partial charge in [-0.25, -0.2) is 0 Å². The molecule has 0 radical (unpaired) electrons. The van der Waals surface area contributed by atoms with Crippen molar-refractivity contribution in [2.45, 2.75) is 32.9 Å². The van der Waals surface area contributed by atoms with Gasteiger partial charge < -0.3 is 5.32 Å². The van der Waals surface area contributed by atoms with E-state index in [-0.39, 0.29) is 16.7 Å². The average molecular weight is 276 g/mol. The maximum atomic E-state index is 11.0. The summed E-state index contributed by atoms with van der Waals surface area (Å²) in [5, 5.41) is 22.6. The number of nitro benzene ring substituents is 1. The van der Waals surface area contributed by atoms with Gasteiger partial charge >= 0.3 is 0 Å². The fourth-order valence-electron chi connectivity index (χ4n) is 2.09. The lowest BCUT2D eigenvalue weighted by Gasteiger charge is -2.26. The molecule has 0 saturated heterocycles. The molecule has 20 heavy (non-hydrogen) atoms. The molecule has 0 aliphatic carbocycles. The van der Waals surface area contributed by atoms with Gasteiger partial charge in [0.1, 0.15) is 5.69 Å². The van der Waals surface area contributed by atoms with Crippen LogP contribution in [0.1, 0.15) is 25.8 Å². The highest BCUT2D eigenvalue weighted by atomic mass is 16.6. The number of rotatable bonds is 7. The molecule has 0 fully saturated rings. The van der Waals surface area contributed by atoms with Crippen LogP contribution >= 0.6 is 0 Å². The maximum Gasteiger partial charge on any atom is 0.292 e. The monoisotopic (exact) mass is 276 g/mol. The Morgan fingerprint density at radius 3 is 2.70 bits per heavy atom. The molecule has 0 aliphatic rings. The molecule has 1 rings (SSSR count). The van der Waals surface area contributed by atoms with Crippen LogP contribution in [-0.4, -0.2) is 29.5 Å². The third-order valence-electron chi connectivity index (χ3n) is 3.19. The minimum atomic E-state index is -0.385. The number of nitrogens with one attached hydrogen (secondary N) is 1. The summed E-state index contributed by atoms with van der Waals surface area (Å²) in [6, 6.07) is 7.46. The summed E-state index contributed by atoms with van der Waals surface area (Å²) in [5.74, 6) is 0. The zero-order chi connectivity index (χ0) is 15.1. The number of hydrogen-bond acceptors (Lipinski definition) is 5. The lowest BCUT2D eigenvalue weighted by molar-refractivity contribution is -0.384. The first-order valence-electron chi connectivity index (χ1n) is 6.56. The first kappa shape index (κ1) is 15.9. The van der Waals surface area contributed by atoms with Crippen molar-refractivity contribution >= 4 is 11.4 Å². The predicted octanol–water partition coefficient (Wildman–Crippen LogP) is 2.76. The Morgan fingerprint density at radius 2 is 2.20 bits per heavy atom. The summed E-state index contributed by atoms with van der Waals surface area (Å²) in [5.41, 5.74) is 1.49. The van der Waals surface area contributed by atoms with Crippen LogP contribution in [0.3, 0.4) is 0 Å². The first-order chi connectivity index (χ1) is 9.51. The van der Waals surface area contributed by atoms with E-state index in [2.05, 4.69) is 16.3 Å². The van der Waals surface area contributed by atoms with E-state index >= 15 is 0 Å². The van der Waals surface area contributed by atoms with Crippen molar-refractivity contribution in [1.29, 1.82) is 5.26 Å². The van der Waals surface area contributed by atoms with Gasteiger partial charge in [-0.2, -0.15) is 5.26 Å². The highest BCUT2D eigenvalue weighted by Gasteiger charge is 2.18. The Morgan fingerprint density at radius 1 is 1.50 bits per heavy atom. The van der Waals surface area contributed by atoms with E-state index in [0.717, 1.165) is 5.56 Å². The molecule has 1 N–H and O–H groups in total. The molecule has 108 valence electrons. The van der Waals surface area contributed by atoms with Crippen LogP contribution < -0.4 is 5.32 Å². The summed E-state index contributed by atoms with van der Waals surface area (Å²) in [6.07, 6.45) is 0.446. The molecule has 1 aromatic carbocycles. The summed E-state index contributed by atoms with van der Waals surface area (Å²) in [7, 11) is 1.68. The van der Waals surface area contributed by atoms with E-state index in [0.29, 0.717) is 25.2 Å². The second-order valence-electron chi connectivity index (χ2n) is 4.79. The van der Waals surface area contributed by atoms with Gasteiger partial charge in [0.05, 0.1) is 11.0 Å². The van der Waals surface area contributed by atoms with Crippen LogP contribution in [0.4, 0.5) is 11.4 Å². The number of hydrogen-bond donors (Lipinski definition) is 1. The lowest BCUT2D eigenvalue weighted by Crippen LogP contribution is -2.31. The van der Waals surface area contributed by atoms with Gasteiger partial charge in [-0.15, -0.1) is 0 Å². The number of para-hydroxylation sites is 1. The molecule has 0 aromatic heterocycles. The van der Waals surface area contributed by atoms with Gasteiger partial charge in [0, 0.05) is 38.7 Å². The van der Waals surface area contributed by atoms with E-state index < -0.39 is 0 Å². The molecule has 0 spiro atoms. The first-order valence-corrected chi connectivity index (χ1v) is 6.56. The topological polar surface area (TPSA) is 82.2 Å². The van der Waals surface area contributed by atoms with Crippen LogP contribution in [0.5, 0.6) is 0 Å². The molecule has 6 nitrogen and oxygen atoms in total. The molecule has 0 saturated carbocycles. The van der Waals surface area contributed by atoms with Gasteiger partial charge in [-0.1, -0.05) is 12.1 Å². The van der Waals surface area contributed by atoms with Crippen molar-refractivity contribution in [3.8, 4) is 6.07 Å². The fourth-order valence-corrected chi connectivity index (χ4v) is 2.09. The Kier molecular flexibility index (Phi) is 5.94. The normalized spacial score (nSPS) is 10.6. The highest BCUT2D eigenvalue weighted by Crippen LogP contribution is 2.29. The molecule has 0 heterocycles. The third kappa shape index (κ3) is 3.93. The van der Waals surface area contributed by atoms with E-state index in [4.69, 9.17) is 5.26 Å². The van der Waals surface area contributed by atoms with Crippen molar-refractivity contribution in [3.63, 3.8) is 0 Å². The summed E-state index contributed by atoms with van der Waals surface area (Å²) in [6.45, 7) is 5.33. The highest BCUT2D eigenvalue weighted by molar-refractivity contribution is 5.66. The van der Waals surface area contributed by atoms with Crippen LogP contribution in [-0.2, 0) is 6.54 Å². The zero-order valence-corrected chi connectivity index (χ0v) is 12.1. The van der Waals surface area contributed by atoms with Gasteiger partial charge in [-0.3, -0.25) is 15.0 Å². The smallest absolute Gasteiger partial charge is 0.292 e. The van der Waals surface area contributed by atoms with Gasteiger partial charge in [0.15, 0.2) is 0 Å². The number of anilines is 1. The zero-order valence-electron chi connectivity index (χ0n) is 12.1. The van der Waals surface area contributed by atoms with E-state index in [1.165, 1.54) is 6.07 Å². The molecule has 6 heteroatoms. The number of nitro groups is 1. The van der Waals surface area contributed by atoms with Crippen molar-refractivity contribution in [3.05, 3.63) is 33.9 Å². The van der Waals surface area contributed by atoms with Crippen LogP contribution in [0.15, 0.2) is 18.2 Å². The Labute approximate surface area is 119 Å². The maximum absolute atomic E-state index is 11.0. The molecule has 0 unspecified atom stereocenters. The van der Waals surface area contributed by atoms with Gasteiger partial charge in [-0.05, 0) is 19.4 Å². The van der Waals surface area contributed by atoms with E-state index in [1.54, 1.807) is 13.1 Å². The lowest BCUT2D eigenvalue weighted by atomic mass is 10.1. The summed E-state index contributed by atoms with van der Waals surface area (Å²) >= 11 is 0. The molecular formula is C14H20N4O2. The van der Waals surface area contributed by atoms with Crippen LogP contribution in [0, 0.1) is 21.4 Å². The van der Waals surface area contributed by atoms with Gasteiger partial charge in [0.25, 0.3) is 5.69 Å². The molecule has 0 amide bonds. The van der Waals surface area contributed by atoms with Crippen molar-refractivity contribution < 1.29 is 4.92 Å². The number of nitrogens with zero attached hydrogens (tertiary/aromatic N) is 3. The van der Waals surface area contributed by atoms with Crippen LogP contribution in [0.25, 0.3) is 0 Å². The summed E-state index contributed by atoms with van der Waals surface area (Å²) < 4.78 is 0. The Hall–Kier alpha value is -2.13. The molecule has 0 atom stereocenters. The van der Waals surface area contributed by atoms with Crippen molar-refractivity contribution in [1.82, 2.24) is 4.90 Å². The number of nitriles is 1. The fraction of sp³-hybridized carbons (Fsp3) is 0.500. The second-order valence-corrected chi connectivity index (χ2v) is 4.79. The largest absolute Gasteiger partial charge is 0.382 e. The van der Waals surface area contributed by atoms with Crippen LogP contribution in [0.2, 0.25) is 0 Å². The quantitative estimate of drug-likeness (QED) is 0.611. The minimum absolute atomic E-state index is 0.0778. The van der Waals surface area contributed by atoms with Crippen molar-refractivity contribution in [2.24, 2.45) is 0 Å². The molecule has 0 bridgehead atoms.